The first kappa shape index (κ1) is 12.3. The number of aryl methyl sites for hydroxylation is 1. The molecule has 0 bridgehead atoms. The average Bonchev–Trinajstić information content (AvgIpc) is 2.23. The summed E-state index contributed by atoms with van der Waals surface area (Å²) in [5, 5.41) is 9.30. The van der Waals surface area contributed by atoms with Gasteiger partial charge in [0, 0.05) is 0 Å². The van der Waals surface area contributed by atoms with Gasteiger partial charge in [-0.25, -0.2) is 0 Å². The summed E-state index contributed by atoms with van der Waals surface area (Å²) in [5.74, 6) is -0.0158. The molecule has 0 radical (unpaired) electrons. The van der Waals surface area contributed by atoms with Crippen molar-refractivity contribution in [3.63, 3.8) is 0 Å². The van der Waals surface area contributed by atoms with Crippen molar-refractivity contribution in [2.45, 2.75) is 20.3 Å². The maximum atomic E-state index is 11.1. The molecule has 1 rings (SSSR count). The van der Waals surface area contributed by atoms with E-state index >= 15 is 0 Å². The van der Waals surface area contributed by atoms with Crippen LogP contribution in [0.3, 0.4) is 0 Å². The molecule has 0 aliphatic heterocycles. The number of benzene rings is 1. The molecule has 0 saturated heterocycles. The molecule has 86 valence electrons. The second-order valence-electron chi connectivity index (χ2n) is 3.45. The Morgan fingerprint density at radius 1 is 1.50 bits per heavy atom. The monoisotopic (exact) mass is 220 g/mol. The predicted octanol–water partition coefficient (Wildman–Crippen LogP) is 2.67. The minimum absolute atomic E-state index is 0.224. The fourth-order valence-electron chi connectivity index (χ4n) is 1.31. The lowest BCUT2D eigenvalue weighted by atomic mass is 10.1. The highest BCUT2D eigenvalue weighted by Gasteiger charge is 1.98. The molecule has 0 amide bonds. The highest BCUT2D eigenvalue weighted by atomic mass is 16.5. The molecule has 0 atom stereocenters. The molecule has 16 heavy (non-hydrogen) atoms. The van der Waals surface area contributed by atoms with Crippen LogP contribution in [-0.4, -0.2) is 17.7 Å². The number of rotatable bonds is 4. The highest BCUT2D eigenvalue weighted by Crippen LogP contribution is 2.17. The van der Waals surface area contributed by atoms with Crippen molar-refractivity contribution < 1.29 is 14.6 Å². The quantitative estimate of drug-likeness (QED) is 0.793. The largest absolute Gasteiger partial charge is 0.508 e. The molecule has 0 fully saturated rings. The fourth-order valence-corrected chi connectivity index (χ4v) is 1.31. The Bertz CT molecular complexity index is 394. The van der Waals surface area contributed by atoms with Crippen molar-refractivity contribution in [3.8, 4) is 5.75 Å². The zero-order chi connectivity index (χ0) is 12.0. The number of esters is 1. The summed E-state index contributed by atoms with van der Waals surface area (Å²) in [6.45, 7) is 4.13. The van der Waals surface area contributed by atoms with Crippen LogP contribution in [0.4, 0.5) is 0 Å². The van der Waals surface area contributed by atoms with E-state index in [0.717, 1.165) is 11.1 Å². The van der Waals surface area contributed by atoms with Gasteiger partial charge in [0.25, 0.3) is 0 Å². The molecule has 0 unspecified atom stereocenters. The second-order valence-corrected chi connectivity index (χ2v) is 3.45. The Balaban J connectivity index is 2.62. The van der Waals surface area contributed by atoms with Crippen LogP contribution < -0.4 is 0 Å². The first-order chi connectivity index (χ1) is 7.63. The third-order valence-corrected chi connectivity index (χ3v) is 2.15. The van der Waals surface area contributed by atoms with Crippen molar-refractivity contribution >= 4 is 12.0 Å². The van der Waals surface area contributed by atoms with Crippen molar-refractivity contribution in [2.75, 3.05) is 6.61 Å². The van der Waals surface area contributed by atoms with Gasteiger partial charge in [-0.05, 0) is 37.1 Å². The van der Waals surface area contributed by atoms with E-state index in [1.807, 2.05) is 19.1 Å². The maximum Gasteiger partial charge on any atom is 0.309 e. The van der Waals surface area contributed by atoms with Crippen LogP contribution in [0.25, 0.3) is 6.08 Å². The number of phenolic OH excluding ortho intramolecular Hbond substituents is 1. The van der Waals surface area contributed by atoms with Crippen LogP contribution in [0.2, 0.25) is 0 Å². The van der Waals surface area contributed by atoms with E-state index in [4.69, 9.17) is 4.74 Å². The number of phenols is 1. The summed E-state index contributed by atoms with van der Waals surface area (Å²) in [6, 6.07) is 5.13. The number of ether oxygens (including phenoxy) is 1. The number of hydrogen-bond acceptors (Lipinski definition) is 3. The van der Waals surface area contributed by atoms with Gasteiger partial charge >= 0.3 is 5.97 Å². The smallest absolute Gasteiger partial charge is 0.309 e. The van der Waals surface area contributed by atoms with Gasteiger partial charge in [0.2, 0.25) is 0 Å². The van der Waals surface area contributed by atoms with Gasteiger partial charge in [-0.1, -0.05) is 18.2 Å². The zero-order valence-electron chi connectivity index (χ0n) is 9.56. The molecule has 1 aromatic rings. The van der Waals surface area contributed by atoms with Gasteiger partial charge in [-0.2, -0.15) is 0 Å². The summed E-state index contributed by atoms with van der Waals surface area (Å²) in [5.41, 5.74) is 1.96. The molecule has 0 spiro atoms. The summed E-state index contributed by atoms with van der Waals surface area (Å²) >= 11 is 0. The SMILES string of the molecule is CCOC(=O)CC=Cc1cc(O)ccc1C. The number of carbonyl (C=O) groups is 1. The molecule has 0 saturated carbocycles. The Morgan fingerprint density at radius 3 is 2.94 bits per heavy atom. The lowest BCUT2D eigenvalue weighted by molar-refractivity contribution is -0.142. The van der Waals surface area contributed by atoms with Crippen LogP contribution in [-0.2, 0) is 9.53 Å². The average molecular weight is 220 g/mol. The Kier molecular flexibility index (Phi) is 4.58. The van der Waals surface area contributed by atoms with Gasteiger partial charge in [-0.3, -0.25) is 4.79 Å². The van der Waals surface area contributed by atoms with Crippen molar-refractivity contribution in [1.82, 2.24) is 0 Å². The summed E-state index contributed by atoms with van der Waals surface area (Å²) in [4.78, 5) is 11.1. The molecule has 1 aromatic carbocycles. The highest BCUT2D eigenvalue weighted by molar-refractivity contribution is 5.72. The van der Waals surface area contributed by atoms with Gasteiger partial charge in [0.1, 0.15) is 5.75 Å². The van der Waals surface area contributed by atoms with Crippen LogP contribution in [0.15, 0.2) is 24.3 Å². The van der Waals surface area contributed by atoms with Crippen LogP contribution in [0, 0.1) is 6.92 Å². The number of hydrogen-bond donors (Lipinski definition) is 1. The van der Waals surface area contributed by atoms with Gasteiger partial charge in [0.15, 0.2) is 0 Å². The summed E-state index contributed by atoms with van der Waals surface area (Å²) in [6.07, 6.45) is 3.80. The van der Waals surface area contributed by atoms with Gasteiger partial charge < -0.3 is 9.84 Å². The fraction of sp³-hybridized carbons (Fsp3) is 0.308. The summed E-state index contributed by atoms with van der Waals surface area (Å²) in [7, 11) is 0. The minimum atomic E-state index is -0.239. The topological polar surface area (TPSA) is 46.5 Å². The molecule has 0 aliphatic rings. The molecule has 0 aliphatic carbocycles. The Hall–Kier alpha value is -1.77. The Labute approximate surface area is 95.4 Å². The third-order valence-electron chi connectivity index (χ3n) is 2.15. The lowest BCUT2D eigenvalue weighted by Crippen LogP contribution is -2.01. The van der Waals surface area contributed by atoms with E-state index in [1.165, 1.54) is 0 Å². The zero-order valence-corrected chi connectivity index (χ0v) is 9.56. The van der Waals surface area contributed by atoms with E-state index < -0.39 is 0 Å². The van der Waals surface area contributed by atoms with Crippen LogP contribution >= 0.6 is 0 Å². The molecular weight excluding hydrogens is 204 g/mol. The second kappa shape index (κ2) is 5.95. The summed E-state index contributed by atoms with van der Waals surface area (Å²) < 4.78 is 4.79. The first-order valence-corrected chi connectivity index (χ1v) is 5.25. The Morgan fingerprint density at radius 2 is 2.25 bits per heavy atom. The molecular formula is C13H16O3. The number of carbonyl (C=O) groups excluding carboxylic acids is 1. The van der Waals surface area contributed by atoms with E-state index in [0.29, 0.717) is 6.61 Å². The van der Waals surface area contributed by atoms with Crippen LogP contribution in [0.1, 0.15) is 24.5 Å². The minimum Gasteiger partial charge on any atom is -0.508 e. The number of aromatic hydroxyl groups is 1. The van der Waals surface area contributed by atoms with Crippen molar-refractivity contribution in [1.29, 1.82) is 0 Å². The predicted molar refractivity (Wildman–Crippen MR) is 63.1 cm³/mol. The van der Waals surface area contributed by atoms with Crippen molar-refractivity contribution in [3.05, 3.63) is 35.4 Å². The van der Waals surface area contributed by atoms with Gasteiger partial charge in [0.05, 0.1) is 13.0 Å². The standard InChI is InChI=1S/C13H16O3/c1-3-16-13(15)6-4-5-11-9-12(14)8-7-10(11)2/h4-5,7-9,14H,3,6H2,1-2H3. The molecule has 0 heterocycles. The van der Waals surface area contributed by atoms with E-state index in [2.05, 4.69) is 0 Å². The molecule has 0 aromatic heterocycles. The third kappa shape index (κ3) is 3.77. The van der Waals surface area contributed by atoms with E-state index in [1.54, 1.807) is 25.1 Å². The molecule has 3 nitrogen and oxygen atoms in total. The first-order valence-electron chi connectivity index (χ1n) is 5.25. The van der Waals surface area contributed by atoms with E-state index in [9.17, 15) is 9.90 Å². The maximum absolute atomic E-state index is 11.1. The van der Waals surface area contributed by atoms with Crippen LogP contribution in [0.5, 0.6) is 5.75 Å². The van der Waals surface area contributed by atoms with Crippen molar-refractivity contribution in [2.24, 2.45) is 0 Å². The van der Waals surface area contributed by atoms with Gasteiger partial charge in [-0.15, -0.1) is 0 Å². The molecule has 3 heteroatoms. The van der Waals surface area contributed by atoms with E-state index in [-0.39, 0.29) is 18.1 Å². The lowest BCUT2D eigenvalue weighted by Gasteiger charge is -2.01. The molecule has 1 N–H and O–H groups in total. The normalized spacial score (nSPS) is 10.6.